The lowest BCUT2D eigenvalue weighted by atomic mass is 10.0. The summed E-state index contributed by atoms with van der Waals surface area (Å²) in [4.78, 5) is 18.8. The molecule has 0 spiro atoms. The minimum absolute atomic E-state index is 0.0591. The van der Waals surface area contributed by atoms with E-state index in [1.807, 2.05) is 0 Å². The highest BCUT2D eigenvalue weighted by Gasteiger charge is 2.22. The van der Waals surface area contributed by atoms with E-state index >= 15 is 0 Å². The maximum atomic E-state index is 12.2. The molecule has 1 N–H and O–H groups in total. The number of piperidine rings is 1. The lowest BCUT2D eigenvalue weighted by Gasteiger charge is -2.35. The maximum Gasteiger partial charge on any atom is 0.252 e. The van der Waals surface area contributed by atoms with E-state index < -0.39 is 0 Å². The van der Waals surface area contributed by atoms with E-state index in [0.29, 0.717) is 24.0 Å². The molecule has 1 amide bonds. The largest absolute Gasteiger partial charge is 0.481 e. The first kappa shape index (κ1) is 16.7. The molecule has 5 nitrogen and oxygen atoms in total. The second-order valence-electron chi connectivity index (χ2n) is 5.84. The standard InChI is InChI=1S/C17H27N3O2/c1-3-4-10-20-11-6-5-7-15(20)13-19-17(21)14-8-9-16(22-2)18-12-14/h8-9,12,15H,3-7,10-11,13H2,1-2H3,(H,19,21). The van der Waals surface area contributed by atoms with Gasteiger partial charge in [0.05, 0.1) is 12.7 Å². The number of hydrogen-bond donors (Lipinski definition) is 1. The zero-order valence-electron chi connectivity index (χ0n) is 13.7. The third-order valence-electron chi connectivity index (χ3n) is 4.25. The van der Waals surface area contributed by atoms with Crippen molar-refractivity contribution in [2.24, 2.45) is 0 Å². The van der Waals surface area contributed by atoms with Crippen molar-refractivity contribution in [3.05, 3.63) is 23.9 Å². The maximum absolute atomic E-state index is 12.2. The van der Waals surface area contributed by atoms with Gasteiger partial charge in [0.1, 0.15) is 0 Å². The molecule has 5 heteroatoms. The van der Waals surface area contributed by atoms with Crippen LogP contribution in [0.25, 0.3) is 0 Å². The van der Waals surface area contributed by atoms with E-state index in [2.05, 4.69) is 22.1 Å². The lowest BCUT2D eigenvalue weighted by molar-refractivity contribution is 0.0912. The van der Waals surface area contributed by atoms with Crippen LogP contribution in [0.5, 0.6) is 5.88 Å². The Balaban J connectivity index is 1.85. The number of rotatable bonds is 7. The van der Waals surface area contributed by atoms with Gasteiger partial charge in [-0.3, -0.25) is 9.69 Å². The van der Waals surface area contributed by atoms with Crippen molar-refractivity contribution in [1.29, 1.82) is 0 Å². The van der Waals surface area contributed by atoms with Crippen LogP contribution in [0.15, 0.2) is 18.3 Å². The molecule has 0 saturated carbocycles. The van der Waals surface area contributed by atoms with Crippen molar-refractivity contribution < 1.29 is 9.53 Å². The fourth-order valence-electron chi connectivity index (χ4n) is 2.89. The van der Waals surface area contributed by atoms with Crippen molar-refractivity contribution >= 4 is 5.91 Å². The van der Waals surface area contributed by atoms with Crippen molar-refractivity contribution in [1.82, 2.24) is 15.2 Å². The lowest BCUT2D eigenvalue weighted by Crippen LogP contribution is -2.47. The predicted octanol–water partition coefficient (Wildman–Crippen LogP) is 2.47. The van der Waals surface area contributed by atoms with E-state index in [4.69, 9.17) is 4.74 Å². The molecule has 2 rings (SSSR count). The highest BCUT2D eigenvalue weighted by atomic mass is 16.5. The molecule has 1 fully saturated rings. The fraction of sp³-hybridized carbons (Fsp3) is 0.647. The van der Waals surface area contributed by atoms with E-state index in [9.17, 15) is 4.79 Å². The van der Waals surface area contributed by atoms with Gasteiger partial charge < -0.3 is 10.1 Å². The first-order valence-corrected chi connectivity index (χ1v) is 8.27. The SMILES string of the molecule is CCCCN1CCCCC1CNC(=O)c1ccc(OC)nc1. The van der Waals surface area contributed by atoms with E-state index in [1.54, 1.807) is 25.4 Å². The van der Waals surface area contributed by atoms with Gasteiger partial charge >= 0.3 is 0 Å². The molecule has 0 aromatic carbocycles. The number of aromatic nitrogens is 1. The molecular weight excluding hydrogens is 278 g/mol. The first-order chi connectivity index (χ1) is 10.7. The third kappa shape index (κ3) is 4.70. The molecule has 1 saturated heterocycles. The Morgan fingerprint density at radius 1 is 1.45 bits per heavy atom. The average Bonchev–Trinajstić information content (AvgIpc) is 2.58. The summed E-state index contributed by atoms with van der Waals surface area (Å²) in [5, 5.41) is 3.05. The van der Waals surface area contributed by atoms with Crippen LogP contribution in [0.4, 0.5) is 0 Å². The van der Waals surface area contributed by atoms with Crippen LogP contribution in [-0.4, -0.2) is 48.6 Å². The Morgan fingerprint density at radius 3 is 3.00 bits per heavy atom. The minimum atomic E-state index is -0.0591. The number of pyridine rings is 1. The van der Waals surface area contributed by atoms with Crippen LogP contribution in [0.2, 0.25) is 0 Å². The summed E-state index contributed by atoms with van der Waals surface area (Å²) in [6, 6.07) is 3.93. The van der Waals surface area contributed by atoms with Gasteiger partial charge in [-0.05, 0) is 38.4 Å². The quantitative estimate of drug-likeness (QED) is 0.841. The Morgan fingerprint density at radius 2 is 2.32 bits per heavy atom. The van der Waals surface area contributed by atoms with Crippen LogP contribution in [-0.2, 0) is 0 Å². The molecule has 122 valence electrons. The number of ether oxygens (including phenoxy) is 1. The number of carbonyl (C=O) groups excluding carboxylic acids is 1. The summed E-state index contributed by atoms with van der Waals surface area (Å²) < 4.78 is 5.01. The van der Waals surface area contributed by atoms with Gasteiger partial charge in [-0.25, -0.2) is 4.98 Å². The molecular formula is C17H27N3O2. The number of likely N-dealkylation sites (tertiary alicyclic amines) is 1. The summed E-state index contributed by atoms with van der Waals surface area (Å²) >= 11 is 0. The highest BCUT2D eigenvalue weighted by molar-refractivity contribution is 5.93. The van der Waals surface area contributed by atoms with Crippen molar-refractivity contribution in [3.8, 4) is 5.88 Å². The Bertz CT molecular complexity index is 461. The van der Waals surface area contributed by atoms with Gasteiger partial charge in [0.2, 0.25) is 5.88 Å². The van der Waals surface area contributed by atoms with Crippen molar-refractivity contribution in [2.45, 2.75) is 45.1 Å². The van der Waals surface area contributed by atoms with Gasteiger partial charge in [0.15, 0.2) is 0 Å². The number of amides is 1. The molecule has 22 heavy (non-hydrogen) atoms. The zero-order valence-corrected chi connectivity index (χ0v) is 13.7. The van der Waals surface area contributed by atoms with Gasteiger partial charge in [0.25, 0.3) is 5.91 Å². The van der Waals surface area contributed by atoms with Gasteiger partial charge in [0, 0.05) is 24.8 Å². The molecule has 0 bridgehead atoms. The molecule has 1 aliphatic heterocycles. The van der Waals surface area contributed by atoms with Gasteiger partial charge in [-0.15, -0.1) is 0 Å². The molecule has 0 aliphatic carbocycles. The number of unbranched alkanes of at least 4 members (excludes halogenated alkanes) is 1. The van der Waals surface area contributed by atoms with Crippen LogP contribution < -0.4 is 10.1 Å². The van der Waals surface area contributed by atoms with Crippen LogP contribution in [0.3, 0.4) is 0 Å². The zero-order chi connectivity index (χ0) is 15.8. The number of nitrogens with zero attached hydrogens (tertiary/aromatic N) is 2. The predicted molar refractivity (Wildman–Crippen MR) is 87.2 cm³/mol. The summed E-state index contributed by atoms with van der Waals surface area (Å²) in [7, 11) is 1.57. The number of nitrogens with one attached hydrogen (secondary N) is 1. The monoisotopic (exact) mass is 305 g/mol. The second kappa shape index (κ2) is 8.73. The molecule has 1 aromatic heterocycles. The Labute approximate surface area is 133 Å². The van der Waals surface area contributed by atoms with Crippen LogP contribution >= 0.6 is 0 Å². The van der Waals surface area contributed by atoms with E-state index in [-0.39, 0.29) is 5.91 Å². The number of carbonyl (C=O) groups is 1. The Kier molecular flexibility index (Phi) is 6.65. The molecule has 1 aromatic rings. The molecule has 1 aliphatic rings. The smallest absolute Gasteiger partial charge is 0.252 e. The Hall–Kier alpha value is -1.62. The highest BCUT2D eigenvalue weighted by Crippen LogP contribution is 2.17. The second-order valence-corrected chi connectivity index (χ2v) is 5.84. The van der Waals surface area contributed by atoms with Gasteiger partial charge in [-0.2, -0.15) is 0 Å². The van der Waals surface area contributed by atoms with Crippen LogP contribution in [0, 0.1) is 0 Å². The van der Waals surface area contributed by atoms with E-state index in [0.717, 1.165) is 13.1 Å². The molecule has 2 heterocycles. The fourth-order valence-corrected chi connectivity index (χ4v) is 2.89. The average molecular weight is 305 g/mol. The molecule has 0 radical (unpaired) electrons. The summed E-state index contributed by atoms with van der Waals surface area (Å²) in [6.07, 6.45) is 7.71. The minimum Gasteiger partial charge on any atom is -0.481 e. The summed E-state index contributed by atoms with van der Waals surface area (Å²) in [6.45, 7) is 5.23. The number of methoxy groups -OCH3 is 1. The van der Waals surface area contributed by atoms with Crippen molar-refractivity contribution in [3.63, 3.8) is 0 Å². The number of hydrogen-bond acceptors (Lipinski definition) is 4. The van der Waals surface area contributed by atoms with E-state index in [1.165, 1.54) is 32.1 Å². The molecule has 1 unspecified atom stereocenters. The third-order valence-corrected chi connectivity index (χ3v) is 4.25. The van der Waals surface area contributed by atoms with Gasteiger partial charge in [-0.1, -0.05) is 19.8 Å². The topological polar surface area (TPSA) is 54.5 Å². The first-order valence-electron chi connectivity index (χ1n) is 8.27. The molecule has 1 atom stereocenters. The summed E-state index contributed by atoms with van der Waals surface area (Å²) in [5.74, 6) is 0.464. The van der Waals surface area contributed by atoms with Crippen LogP contribution in [0.1, 0.15) is 49.4 Å². The normalized spacial score (nSPS) is 18.9. The van der Waals surface area contributed by atoms with Crippen molar-refractivity contribution in [2.75, 3.05) is 26.7 Å². The summed E-state index contributed by atoms with van der Waals surface area (Å²) in [5.41, 5.74) is 0.580.